The first-order valence-corrected chi connectivity index (χ1v) is 7.62. The Hall–Kier alpha value is -1.74. The Morgan fingerprint density at radius 3 is 2.33 bits per heavy atom. The van der Waals surface area contributed by atoms with Crippen LogP contribution >= 0.6 is 0 Å². The van der Waals surface area contributed by atoms with E-state index in [0.29, 0.717) is 0 Å². The highest BCUT2D eigenvalue weighted by molar-refractivity contribution is 5.21. The molecule has 3 heteroatoms. The standard InChI is InChI=1S/C18H23FN2/c1-3-4-5-18(16-6-8-17(19)9-7-16)21-14(2)15-10-12-20-13-11-15/h6-14,18,21H,3-5H2,1-2H3. The Morgan fingerprint density at radius 2 is 1.71 bits per heavy atom. The van der Waals surface area contributed by atoms with Crippen LogP contribution in [0.3, 0.4) is 0 Å². The number of benzene rings is 1. The molecule has 112 valence electrons. The van der Waals surface area contributed by atoms with Gasteiger partial charge in [0.2, 0.25) is 0 Å². The van der Waals surface area contributed by atoms with Gasteiger partial charge in [0.05, 0.1) is 0 Å². The van der Waals surface area contributed by atoms with E-state index in [9.17, 15) is 4.39 Å². The van der Waals surface area contributed by atoms with Gasteiger partial charge in [-0.3, -0.25) is 4.98 Å². The van der Waals surface area contributed by atoms with E-state index in [2.05, 4.69) is 24.1 Å². The van der Waals surface area contributed by atoms with E-state index in [4.69, 9.17) is 0 Å². The number of unbranched alkanes of at least 4 members (excludes halogenated alkanes) is 1. The number of pyridine rings is 1. The third kappa shape index (κ3) is 4.64. The maximum atomic E-state index is 13.1. The van der Waals surface area contributed by atoms with Crippen molar-refractivity contribution in [3.05, 3.63) is 65.7 Å². The van der Waals surface area contributed by atoms with Gasteiger partial charge in [-0.2, -0.15) is 0 Å². The average molecular weight is 286 g/mol. The highest BCUT2D eigenvalue weighted by Gasteiger charge is 2.15. The zero-order valence-electron chi connectivity index (χ0n) is 12.7. The van der Waals surface area contributed by atoms with Crippen molar-refractivity contribution < 1.29 is 4.39 Å². The van der Waals surface area contributed by atoms with E-state index in [1.165, 1.54) is 17.7 Å². The fourth-order valence-corrected chi connectivity index (χ4v) is 2.50. The van der Waals surface area contributed by atoms with E-state index in [-0.39, 0.29) is 17.9 Å². The van der Waals surface area contributed by atoms with Crippen LogP contribution in [0.15, 0.2) is 48.8 Å². The molecule has 0 fully saturated rings. The molecule has 1 aromatic carbocycles. The maximum absolute atomic E-state index is 13.1. The summed E-state index contributed by atoms with van der Waals surface area (Å²) in [4.78, 5) is 4.05. The predicted octanol–water partition coefficient (Wildman–Crippen LogP) is 4.80. The zero-order valence-corrected chi connectivity index (χ0v) is 12.7. The number of nitrogens with zero attached hydrogens (tertiary/aromatic N) is 1. The van der Waals surface area contributed by atoms with Crippen molar-refractivity contribution in [1.29, 1.82) is 0 Å². The quantitative estimate of drug-likeness (QED) is 0.790. The number of hydrogen-bond acceptors (Lipinski definition) is 2. The minimum atomic E-state index is -0.185. The second-order valence-electron chi connectivity index (χ2n) is 5.42. The summed E-state index contributed by atoms with van der Waals surface area (Å²) in [6, 6.07) is 11.4. The minimum absolute atomic E-state index is 0.185. The summed E-state index contributed by atoms with van der Waals surface area (Å²) in [5.41, 5.74) is 2.36. The number of hydrogen-bond donors (Lipinski definition) is 1. The molecule has 1 N–H and O–H groups in total. The van der Waals surface area contributed by atoms with E-state index < -0.39 is 0 Å². The van der Waals surface area contributed by atoms with Gasteiger partial charge in [-0.25, -0.2) is 4.39 Å². The van der Waals surface area contributed by atoms with Crippen molar-refractivity contribution in [3.63, 3.8) is 0 Å². The summed E-state index contributed by atoms with van der Waals surface area (Å²) in [5.74, 6) is -0.185. The average Bonchev–Trinajstić information content (AvgIpc) is 2.53. The van der Waals surface area contributed by atoms with Gasteiger partial charge in [0, 0.05) is 24.5 Å². The van der Waals surface area contributed by atoms with E-state index >= 15 is 0 Å². The first-order valence-electron chi connectivity index (χ1n) is 7.62. The highest BCUT2D eigenvalue weighted by atomic mass is 19.1. The fraction of sp³-hybridized carbons (Fsp3) is 0.389. The molecule has 1 aromatic heterocycles. The van der Waals surface area contributed by atoms with Gasteiger partial charge in [-0.15, -0.1) is 0 Å². The van der Waals surface area contributed by atoms with E-state index in [1.807, 2.05) is 36.7 Å². The zero-order chi connectivity index (χ0) is 15.1. The van der Waals surface area contributed by atoms with Crippen LogP contribution in [0, 0.1) is 5.82 Å². The lowest BCUT2D eigenvalue weighted by molar-refractivity contribution is 0.431. The molecule has 0 bridgehead atoms. The molecular formula is C18H23FN2. The first kappa shape index (κ1) is 15.6. The molecule has 0 aliphatic heterocycles. The van der Waals surface area contributed by atoms with Crippen molar-refractivity contribution in [3.8, 4) is 0 Å². The van der Waals surface area contributed by atoms with Crippen LogP contribution in [-0.2, 0) is 0 Å². The number of aromatic nitrogens is 1. The van der Waals surface area contributed by atoms with Crippen LogP contribution in [0.2, 0.25) is 0 Å². The largest absolute Gasteiger partial charge is 0.303 e. The smallest absolute Gasteiger partial charge is 0.123 e. The van der Waals surface area contributed by atoms with Crippen LogP contribution in [0.5, 0.6) is 0 Å². The molecule has 0 saturated carbocycles. The molecule has 2 nitrogen and oxygen atoms in total. The molecule has 2 unspecified atom stereocenters. The molecular weight excluding hydrogens is 263 g/mol. The Labute approximate surface area is 126 Å². The van der Waals surface area contributed by atoms with Crippen molar-refractivity contribution in [2.75, 3.05) is 0 Å². The second kappa shape index (κ2) is 7.89. The van der Waals surface area contributed by atoms with Gasteiger partial charge in [0.25, 0.3) is 0 Å². The lowest BCUT2D eigenvalue weighted by Gasteiger charge is -2.24. The van der Waals surface area contributed by atoms with Gasteiger partial charge < -0.3 is 5.32 Å². The van der Waals surface area contributed by atoms with Crippen LogP contribution in [0.1, 0.15) is 56.3 Å². The summed E-state index contributed by atoms with van der Waals surface area (Å²) in [5, 5.41) is 3.65. The van der Waals surface area contributed by atoms with Gasteiger partial charge >= 0.3 is 0 Å². The van der Waals surface area contributed by atoms with Crippen molar-refractivity contribution in [2.45, 2.75) is 45.2 Å². The topological polar surface area (TPSA) is 24.9 Å². The van der Waals surface area contributed by atoms with Gasteiger partial charge in [0.1, 0.15) is 5.82 Å². The minimum Gasteiger partial charge on any atom is -0.303 e. The van der Waals surface area contributed by atoms with E-state index in [0.717, 1.165) is 24.8 Å². The Morgan fingerprint density at radius 1 is 1.05 bits per heavy atom. The molecule has 0 spiro atoms. The molecule has 2 atom stereocenters. The molecule has 0 amide bonds. The Balaban J connectivity index is 2.10. The summed E-state index contributed by atoms with van der Waals surface area (Å²) < 4.78 is 13.1. The molecule has 0 radical (unpaired) electrons. The molecule has 0 saturated heterocycles. The first-order chi connectivity index (χ1) is 10.2. The summed E-state index contributed by atoms with van der Waals surface area (Å²) in [7, 11) is 0. The van der Waals surface area contributed by atoms with Gasteiger partial charge in [-0.1, -0.05) is 31.9 Å². The fourth-order valence-electron chi connectivity index (χ4n) is 2.50. The second-order valence-corrected chi connectivity index (χ2v) is 5.42. The molecule has 21 heavy (non-hydrogen) atoms. The normalized spacial score (nSPS) is 13.9. The lowest BCUT2D eigenvalue weighted by atomic mass is 9.99. The summed E-state index contributed by atoms with van der Waals surface area (Å²) in [6.07, 6.45) is 6.98. The van der Waals surface area contributed by atoms with Crippen molar-refractivity contribution >= 4 is 0 Å². The third-order valence-corrected chi connectivity index (χ3v) is 3.78. The van der Waals surface area contributed by atoms with Crippen molar-refractivity contribution in [1.82, 2.24) is 10.3 Å². The van der Waals surface area contributed by atoms with Gasteiger partial charge in [0.15, 0.2) is 0 Å². The molecule has 0 aliphatic carbocycles. The summed E-state index contributed by atoms with van der Waals surface area (Å²) >= 11 is 0. The van der Waals surface area contributed by atoms with Crippen molar-refractivity contribution in [2.24, 2.45) is 0 Å². The van der Waals surface area contributed by atoms with Crippen LogP contribution in [0.4, 0.5) is 4.39 Å². The molecule has 0 aliphatic rings. The Bertz CT molecular complexity index is 525. The predicted molar refractivity (Wildman–Crippen MR) is 84.5 cm³/mol. The molecule has 2 aromatic rings. The van der Waals surface area contributed by atoms with Gasteiger partial charge in [-0.05, 0) is 48.7 Å². The number of halogens is 1. The molecule has 2 rings (SSSR count). The number of rotatable bonds is 7. The van der Waals surface area contributed by atoms with Crippen LogP contribution in [-0.4, -0.2) is 4.98 Å². The number of nitrogens with one attached hydrogen (secondary N) is 1. The SMILES string of the molecule is CCCCC(NC(C)c1ccncc1)c1ccc(F)cc1. The maximum Gasteiger partial charge on any atom is 0.123 e. The Kier molecular flexibility index (Phi) is 5.88. The third-order valence-electron chi connectivity index (χ3n) is 3.78. The summed E-state index contributed by atoms with van der Waals surface area (Å²) in [6.45, 7) is 4.34. The van der Waals surface area contributed by atoms with Crippen LogP contribution < -0.4 is 5.32 Å². The van der Waals surface area contributed by atoms with Crippen LogP contribution in [0.25, 0.3) is 0 Å². The lowest BCUT2D eigenvalue weighted by Crippen LogP contribution is -2.24. The monoisotopic (exact) mass is 286 g/mol. The molecule has 1 heterocycles. The van der Waals surface area contributed by atoms with E-state index in [1.54, 1.807) is 0 Å². The highest BCUT2D eigenvalue weighted by Crippen LogP contribution is 2.24.